The van der Waals surface area contributed by atoms with Crippen molar-refractivity contribution in [2.45, 2.75) is 38.6 Å². The van der Waals surface area contributed by atoms with Crippen LogP contribution in [0.25, 0.3) is 11.0 Å². The monoisotopic (exact) mass is 367 g/mol. The highest BCUT2D eigenvalue weighted by molar-refractivity contribution is 7.97. The molecule has 136 valence electrons. The molecule has 1 amide bonds. The first-order valence-electron chi connectivity index (χ1n) is 8.93. The normalized spacial score (nSPS) is 12.3. The number of thioether (sulfide) groups is 1. The Labute approximate surface area is 159 Å². The van der Waals surface area contributed by atoms with Crippen LogP contribution in [0.1, 0.15) is 36.8 Å². The summed E-state index contributed by atoms with van der Waals surface area (Å²) in [5.74, 6) is 1.73. The number of fused-ring (bicyclic) bond motifs is 1. The Morgan fingerprint density at radius 2 is 1.92 bits per heavy atom. The van der Waals surface area contributed by atoms with Crippen molar-refractivity contribution in [1.82, 2.24) is 14.9 Å². The molecular weight excluding hydrogens is 342 g/mol. The minimum atomic E-state index is -0.0211. The van der Waals surface area contributed by atoms with Gasteiger partial charge in [-0.3, -0.25) is 4.79 Å². The van der Waals surface area contributed by atoms with Gasteiger partial charge in [-0.1, -0.05) is 43.3 Å². The Morgan fingerprint density at radius 3 is 2.62 bits per heavy atom. The van der Waals surface area contributed by atoms with E-state index < -0.39 is 0 Å². The summed E-state index contributed by atoms with van der Waals surface area (Å²) < 4.78 is 2.02. The van der Waals surface area contributed by atoms with Crippen LogP contribution in [0.2, 0.25) is 0 Å². The van der Waals surface area contributed by atoms with Gasteiger partial charge < -0.3 is 9.88 Å². The first kappa shape index (κ1) is 18.5. The molecule has 0 spiro atoms. The van der Waals surface area contributed by atoms with Gasteiger partial charge in [-0.05, 0) is 42.9 Å². The largest absolute Gasteiger partial charge is 0.348 e. The number of amides is 1. The number of hydrogen-bond acceptors (Lipinski definition) is 3. The zero-order valence-electron chi connectivity index (χ0n) is 15.5. The van der Waals surface area contributed by atoms with Crippen molar-refractivity contribution in [3.05, 3.63) is 65.5 Å². The lowest BCUT2D eigenvalue weighted by molar-refractivity contribution is -0.122. The number of rotatable bonds is 7. The number of aromatic nitrogens is 2. The van der Waals surface area contributed by atoms with Crippen molar-refractivity contribution in [2.24, 2.45) is 0 Å². The van der Waals surface area contributed by atoms with Crippen molar-refractivity contribution in [2.75, 3.05) is 6.26 Å². The molecule has 4 nitrogen and oxygen atoms in total. The smallest absolute Gasteiger partial charge is 0.240 e. The van der Waals surface area contributed by atoms with E-state index in [0.29, 0.717) is 0 Å². The number of imidazole rings is 1. The Kier molecular flexibility index (Phi) is 5.99. The lowest BCUT2D eigenvalue weighted by Crippen LogP contribution is -2.30. The van der Waals surface area contributed by atoms with Gasteiger partial charge in [0.2, 0.25) is 5.91 Å². The quantitative estimate of drug-likeness (QED) is 0.676. The fraction of sp³-hybridized carbons (Fsp3) is 0.333. The highest BCUT2D eigenvalue weighted by Gasteiger charge is 2.15. The van der Waals surface area contributed by atoms with Crippen LogP contribution in [0.4, 0.5) is 0 Å². The van der Waals surface area contributed by atoms with Crippen LogP contribution in [-0.4, -0.2) is 21.7 Å². The van der Waals surface area contributed by atoms with Crippen LogP contribution in [0, 0.1) is 0 Å². The average molecular weight is 368 g/mol. The number of nitrogens with zero attached hydrogens (tertiary/aromatic N) is 2. The number of carbonyl (C=O) groups excluding carboxylic acids is 1. The Hall–Kier alpha value is -2.27. The van der Waals surface area contributed by atoms with E-state index in [9.17, 15) is 4.79 Å². The van der Waals surface area contributed by atoms with Gasteiger partial charge >= 0.3 is 0 Å². The van der Waals surface area contributed by atoms with Crippen LogP contribution < -0.4 is 5.32 Å². The lowest BCUT2D eigenvalue weighted by Gasteiger charge is -2.16. The molecule has 0 saturated heterocycles. The molecule has 0 radical (unpaired) electrons. The predicted molar refractivity (Wildman–Crippen MR) is 109 cm³/mol. The number of carbonyl (C=O) groups is 1. The molecule has 5 heteroatoms. The Balaban J connectivity index is 1.74. The van der Waals surface area contributed by atoms with Gasteiger partial charge in [0, 0.05) is 0 Å². The molecule has 0 fully saturated rings. The average Bonchev–Trinajstić information content (AvgIpc) is 2.99. The summed E-state index contributed by atoms with van der Waals surface area (Å²) in [7, 11) is 0. The second-order valence-corrected chi connectivity index (χ2v) is 7.29. The highest BCUT2D eigenvalue weighted by Crippen LogP contribution is 2.19. The molecule has 3 aromatic rings. The van der Waals surface area contributed by atoms with Gasteiger partial charge in [0.1, 0.15) is 12.4 Å². The molecule has 2 aromatic carbocycles. The SMILES string of the molecule is CCc1ccc(C(C)NC(=O)Cn2c(CSC)nc3ccccc32)cc1. The maximum Gasteiger partial charge on any atom is 0.240 e. The van der Waals surface area contributed by atoms with Gasteiger partial charge in [-0.2, -0.15) is 11.8 Å². The fourth-order valence-corrected chi connectivity index (χ4v) is 3.58. The van der Waals surface area contributed by atoms with Crippen LogP contribution in [0.5, 0.6) is 0 Å². The summed E-state index contributed by atoms with van der Waals surface area (Å²) in [5, 5.41) is 3.11. The second kappa shape index (κ2) is 8.41. The molecule has 1 aromatic heterocycles. The van der Waals surface area contributed by atoms with Crippen molar-refractivity contribution in [1.29, 1.82) is 0 Å². The standard InChI is InChI=1S/C21H25N3OS/c1-4-16-9-11-17(12-10-16)15(2)22-21(25)13-24-19-8-6-5-7-18(19)23-20(24)14-26-3/h5-12,15H,4,13-14H2,1-3H3,(H,22,25). The summed E-state index contributed by atoms with van der Waals surface area (Å²) in [6.45, 7) is 4.45. The summed E-state index contributed by atoms with van der Waals surface area (Å²) in [4.78, 5) is 17.3. The first-order chi connectivity index (χ1) is 12.6. The Morgan fingerprint density at radius 1 is 1.19 bits per heavy atom. The van der Waals surface area contributed by atoms with E-state index in [-0.39, 0.29) is 18.5 Å². The number of para-hydroxylation sites is 2. The van der Waals surface area contributed by atoms with Crippen molar-refractivity contribution >= 4 is 28.7 Å². The van der Waals surface area contributed by atoms with Crippen molar-refractivity contribution in [3.8, 4) is 0 Å². The maximum absolute atomic E-state index is 12.7. The molecule has 0 aliphatic rings. The van der Waals surface area contributed by atoms with Gasteiger partial charge in [-0.25, -0.2) is 4.98 Å². The van der Waals surface area contributed by atoms with E-state index in [0.717, 1.165) is 34.6 Å². The van der Waals surface area contributed by atoms with Gasteiger partial charge in [0.05, 0.1) is 22.8 Å². The molecule has 1 N–H and O–H groups in total. The summed E-state index contributed by atoms with van der Waals surface area (Å²) in [6, 6.07) is 16.4. The third-order valence-corrected chi connectivity index (χ3v) is 5.12. The fourth-order valence-electron chi connectivity index (χ4n) is 3.10. The number of hydrogen-bond donors (Lipinski definition) is 1. The Bertz CT molecular complexity index is 886. The molecule has 1 unspecified atom stereocenters. The molecule has 0 aliphatic heterocycles. The highest BCUT2D eigenvalue weighted by atomic mass is 32.2. The zero-order valence-corrected chi connectivity index (χ0v) is 16.3. The molecule has 0 saturated carbocycles. The third-order valence-electron chi connectivity index (χ3n) is 4.57. The molecule has 0 bridgehead atoms. The van der Waals surface area contributed by atoms with E-state index in [1.807, 2.05) is 42.0 Å². The molecular formula is C21H25N3OS. The summed E-state index contributed by atoms with van der Waals surface area (Å²) in [6.07, 6.45) is 3.07. The summed E-state index contributed by atoms with van der Waals surface area (Å²) in [5.41, 5.74) is 4.37. The van der Waals surface area contributed by atoms with E-state index in [1.54, 1.807) is 11.8 Å². The van der Waals surface area contributed by atoms with Crippen LogP contribution in [-0.2, 0) is 23.5 Å². The molecule has 1 heterocycles. The van der Waals surface area contributed by atoms with E-state index >= 15 is 0 Å². The van der Waals surface area contributed by atoms with Gasteiger partial charge in [0.15, 0.2) is 0 Å². The number of benzene rings is 2. The zero-order chi connectivity index (χ0) is 18.5. The van der Waals surface area contributed by atoms with E-state index in [4.69, 9.17) is 0 Å². The minimum absolute atomic E-state index is 0.00238. The van der Waals surface area contributed by atoms with Crippen molar-refractivity contribution in [3.63, 3.8) is 0 Å². The van der Waals surface area contributed by atoms with Crippen molar-refractivity contribution < 1.29 is 4.79 Å². The number of nitrogens with one attached hydrogen (secondary N) is 1. The molecule has 3 rings (SSSR count). The van der Waals surface area contributed by atoms with E-state index in [2.05, 4.69) is 41.5 Å². The summed E-state index contributed by atoms with van der Waals surface area (Å²) >= 11 is 1.71. The lowest BCUT2D eigenvalue weighted by atomic mass is 10.1. The second-order valence-electron chi connectivity index (χ2n) is 6.42. The minimum Gasteiger partial charge on any atom is -0.348 e. The molecule has 1 atom stereocenters. The van der Waals surface area contributed by atoms with Crippen LogP contribution >= 0.6 is 11.8 Å². The predicted octanol–water partition coefficient (Wildman–Crippen LogP) is 4.34. The van der Waals surface area contributed by atoms with Gasteiger partial charge in [0.25, 0.3) is 0 Å². The van der Waals surface area contributed by atoms with Crippen LogP contribution in [0.3, 0.4) is 0 Å². The third kappa shape index (κ3) is 4.10. The first-order valence-corrected chi connectivity index (χ1v) is 10.3. The number of aryl methyl sites for hydroxylation is 1. The van der Waals surface area contributed by atoms with Gasteiger partial charge in [-0.15, -0.1) is 0 Å². The van der Waals surface area contributed by atoms with E-state index in [1.165, 1.54) is 5.56 Å². The molecule has 0 aliphatic carbocycles. The topological polar surface area (TPSA) is 46.9 Å². The molecule has 26 heavy (non-hydrogen) atoms. The maximum atomic E-state index is 12.7. The van der Waals surface area contributed by atoms with Crippen LogP contribution in [0.15, 0.2) is 48.5 Å².